The van der Waals surface area contributed by atoms with E-state index < -0.39 is 0 Å². The minimum absolute atomic E-state index is 0.346. The fourth-order valence-electron chi connectivity index (χ4n) is 3.10. The Morgan fingerprint density at radius 2 is 1.46 bits per heavy atom. The fourth-order valence-corrected chi connectivity index (χ4v) is 3.10. The number of hydrogen-bond acceptors (Lipinski definition) is 5. The molecular formula is C19H23NO4. The van der Waals surface area contributed by atoms with Crippen LogP contribution in [0.15, 0.2) is 36.4 Å². The highest BCUT2D eigenvalue weighted by Gasteiger charge is 2.31. The zero-order chi connectivity index (χ0) is 17.1. The highest BCUT2D eigenvalue weighted by atomic mass is 16.5. The van der Waals surface area contributed by atoms with E-state index in [1.54, 1.807) is 28.4 Å². The predicted molar refractivity (Wildman–Crippen MR) is 93.8 cm³/mol. The summed E-state index contributed by atoms with van der Waals surface area (Å²) in [6.45, 7) is 0.995. The van der Waals surface area contributed by atoms with Crippen LogP contribution in [0.2, 0.25) is 0 Å². The van der Waals surface area contributed by atoms with Gasteiger partial charge in [0.2, 0.25) is 5.75 Å². The number of methoxy groups -OCH3 is 4. The molecule has 1 unspecified atom stereocenters. The van der Waals surface area contributed by atoms with Crippen molar-refractivity contribution in [1.82, 2.24) is 0 Å². The van der Waals surface area contributed by atoms with E-state index in [2.05, 4.69) is 17.0 Å². The van der Waals surface area contributed by atoms with Gasteiger partial charge < -0.3 is 23.8 Å². The molecule has 1 aliphatic rings. The smallest absolute Gasteiger partial charge is 0.203 e. The molecule has 1 aliphatic heterocycles. The highest BCUT2D eigenvalue weighted by Crippen LogP contribution is 2.45. The molecular weight excluding hydrogens is 306 g/mol. The van der Waals surface area contributed by atoms with Crippen molar-refractivity contribution in [1.29, 1.82) is 0 Å². The van der Waals surface area contributed by atoms with E-state index in [0.717, 1.165) is 24.4 Å². The van der Waals surface area contributed by atoms with Crippen LogP contribution >= 0.6 is 0 Å². The topological polar surface area (TPSA) is 40.2 Å². The summed E-state index contributed by atoms with van der Waals surface area (Å²) < 4.78 is 21.6. The summed E-state index contributed by atoms with van der Waals surface area (Å²) in [6.07, 6.45) is 1.11. The number of ether oxygens (including phenoxy) is 4. The molecule has 5 heteroatoms. The Labute approximate surface area is 142 Å². The van der Waals surface area contributed by atoms with Crippen LogP contribution in [0, 0.1) is 0 Å². The second-order valence-corrected chi connectivity index (χ2v) is 5.65. The normalized spacial score (nSPS) is 16.3. The molecule has 2 aromatic rings. The van der Waals surface area contributed by atoms with Gasteiger partial charge in [-0.05, 0) is 24.1 Å². The van der Waals surface area contributed by atoms with Crippen LogP contribution < -0.4 is 23.8 Å². The maximum atomic E-state index is 5.46. The molecule has 1 atom stereocenters. The van der Waals surface area contributed by atoms with Crippen molar-refractivity contribution in [3.8, 4) is 23.0 Å². The molecule has 128 valence electrons. The zero-order valence-electron chi connectivity index (χ0n) is 14.5. The van der Waals surface area contributed by atoms with Crippen LogP contribution in [0.3, 0.4) is 0 Å². The lowest BCUT2D eigenvalue weighted by Crippen LogP contribution is -2.40. The van der Waals surface area contributed by atoms with Gasteiger partial charge >= 0.3 is 0 Å². The van der Waals surface area contributed by atoms with Gasteiger partial charge in [-0.25, -0.2) is 0 Å². The molecule has 1 fully saturated rings. The van der Waals surface area contributed by atoms with E-state index in [4.69, 9.17) is 18.9 Å². The van der Waals surface area contributed by atoms with Gasteiger partial charge in [-0.2, -0.15) is 0 Å². The number of nitrogens with zero attached hydrogens (tertiary/aromatic N) is 1. The Morgan fingerprint density at radius 3 is 1.88 bits per heavy atom. The maximum Gasteiger partial charge on any atom is 0.203 e. The standard InChI is InChI=1S/C19H23NO4/c1-21-15-7-5-13(6-8-15)16-9-10-20(16)14-11-17(22-2)19(24-4)18(12-14)23-3/h5-8,11-12,16H,9-10H2,1-4H3. The third-order valence-electron chi connectivity index (χ3n) is 4.50. The van der Waals surface area contributed by atoms with Crippen molar-refractivity contribution in [3.05, 3.63) is 42.0 Å². The summed E-state index contributed by atoms with van der Waals surface area (Å²) >= 11 is 0. The van der Waals surface area contributed by atoms with Crippen molar-refractivity contribution in [3.63, 3.8) is 0 Å². The van der Waals surface area contributed by atoms with Gasteiger partial charge in [0.05, 0.1) is 34.5 Å². The molecule has 0 saturated carbocycles. The predicted octanol–water partition coefficient (Wildman–Crippen LogP) is 3.67. The molecule has 1 saturated heterocycles. The second kappa shape index (κ2) is 6.91. The molecule has 5 nitrogen and oxygen atoms in total. The largest absolute Gasteiger partial charge is 0.497 e. The first-order valence-corrected chi connectivity index (χ1v) is 7.92. The van der Waals surface area contributed by atoms with Crippen molar-refractivity contribution in [2.24, 2.45) is 0 Å². The minimum atomic E-state index is 0.346. The third kappa shape index (κ3) is 2.82. The molecule has 0 amide bonds. The van der Waals surface area contributed by atoms with Gasteiger partial charge in [0, 0.05) is 24.4 Å². The second-order valence-electron chi connectivity index (χ2n) is 5.65. The summed E-state index contributed by atoms with van der Waals surface area (Å²) in [7, 11) is 6.57. The Kier molecular flexibility index (Phi) is 4.69. The van der Waals surface area contributed by atoms with Crippen LogP contribution in [0.25, 0.3) is 0 Å². The quantitative estimate of drug-likeness (QED) is 0.809. The van der Waals surface area contributed by atoms with Crippen molar-refractivity contribution < 1.29 is 18.9 Å². The average molecular weight is 329 g/mol. The number of hydrogen-bond donors (Lipinski definition) is 0. The number of rotatable bonds is 6. The van der Waals surface area contributed by atoms with E-state index >= 15 is 0 Å². The SMILES string of the molecule is COc1ccc(C2CCN2c2cc(OC)c(OC)c(OC)c2)cc1. The molecule has 2 aromatic carbocycles. The van der Waals surface area contributed by atoms with Gasteiger partial charge in [-0.15, -0.1) is 0 Å². The minimum Gasteiger partial charge on any atom is -0.497 e. The number of benzene rings is 2. The molecule has 0 aliphatic carbocycles. The van der Waals surface area contributed by atoms with Crippen LogP contribution in [0.1, 0.15) is 18.0 Å². The highest BCUT2D eigenvalue weighted by molar-refractivity contribution is 5.65. The lowest BCUT2D eigenvalue weighted by Gasteiger charge is -2.43. The molecule has 0 N–H and O–H groups in total. The van der Waals surface area contributed by atoms with Gasteiger partial charge in [0.15, 0.2) is 11.5 Å². The average Bonchev–Trinajstić information content (AvgIpc) is 2.60. The van der Waals surface area contributed by atoms with Crippen LogP contribution in [-0.4, -0.2) is 35.0 Å². The Hall–Kier alpha value is -2.56. The molecule has 0 spiro atoms. The first kappa shape index (κ1) is 16.3. The van der Waals surface area contributed by atoms with Crippen LogP contribution in [-0.2, 0) is 0 Å². The van der Waals surface area contributed by atoms with E-state index in [-0.39, 0.29) is 0 Å². The first-order valence-electron chi connectivity index (χ1n) is 7.92. The van der Waals surface area contributed by atoms with Gasteiger partial charge in [0.1, 0.15) is 5.75 Å². The summed E-state index contributed by atoms with van der Waals surface area (Å²) in [5, 5.41) is 0. The van der Waals surface area contributed by atoms with Crippen molar-refractivity contribution in [2.75, 3.05) is 39.9 Å². The molecule has 1 heterocycles. The first-order chi connectivity index (χ1) is 11.7. The Balaban J connectivity index is 1.90. The monoisotopic (exact) mass is 329 g/mol. The lowest BCUT2D eigenvalue weighted by atomic mass is 9.93. The Morgan fingerprint density at radius 1 is 0.833 bits per heavy atom. The van der Waals surface area contributed by atoms with Gasteiger partial charge in [0.25, 0.3) is 0 Å². The van der Waals surface area contributed by atoms with Gasteiger partial charge in [-0.3, -0.25) is 0 Å². The van der Waals surface area contributed by atoms with E-state index in [0.29, 0.717) is 23.3 Å². The molecule has 3 rings (SSSR count). The molecule has 0 radical (unpaired) electrons. The zero-order valence-corrected chi connectivity index (χ0v) is 14.5. The van der Waals surface area contributed by atoms with Crippen LogP contribution in [0.4, 0.5) is 5.69 Å². The molecule has 0 bridgehead atoms. The summed E-state index contributed by atoms with van der Waals surface area (Å²) in [4.78, 5) is 2.34. The van der Waals surface area contributed by atoms with E-state index in [9.17, 15) is 0 Å². The summed E-state index contributed by atoms with van der Waals surface area (Å²) in [5.41, 5.74) is 2.34. The summed E-state index contributed by atoms with van der Waals surface area (Å²) in [5.74, 6) is 2.84. The van der Waals surface area contributed by atoms with Crippen LogP contribution in [0.5, 0.6) is 23.0 Å². The third-order valence-corrected chi connectivity index (χ3v) is 4.50. The molecule has 24 heavy (non-hydrogen) atoms. The fraction of sp³-hybridized carbons (Fsp3) is 0.368. The Bertz CT molecular complexity index is 674. The summed E-state index contributed by atoms with van der Waals surface area (Å²) in [6, 6.07) is 12.6. The van der Waals surface area contributed by atoms with Gasteiger partial charge in [-0.1, -0.05) is 12.1 Å². The maximum absolute atomic E-state index is 5.46. The molecule has 0 aromatic heterocycles. The van der Waals surface area contributed by atoms with Crippen molar-refractivity contribution in [2.45, 2.75) is 12.5 Å². The van der Waals surface area contributed by atoms with E-state index in [1.807, 2.05) is 24.3 Å². The lowest BCUT2D eigenvalue weighted by molar-refractivity contribution is 0.324. The van der Waals surface area contributed by atoms with Crippen molar-refractivity contribution >= 4 is 5.69 Å². The number of anilines is 1. The van der Waals surface area contributed by atoms with E-state index in [1.165, 1.54) is 5.56 Å².